The zero-order valence-corrected chi connectivity index (χ0v) is 16.7. The van der Waals surface area contributed by atoms with Gasteiger partial charge in [0.25, 0.3) is 0 Å². The average Bonchev–Trinajstić information content (AvgIpc) is 2.74. The van der Waals surface area contributed by atoms with Gasteiger partial charge in [-0.1, -0.05) is 0 Å². The first-order valence-electron chi connectivity index (χ1n) is 9.31. The number of hydrogen-bond donors (Lipinski definition) is 2. The van der Waals surface area contributed by atoms with Crippen molar-refractivity contribution in [2.75, 3.05) is 17.7 Å². The number of hydrogen-bond acceptors (Lipinski definition) is 9. The summed E-state index contributed by atoms with van der Waals surface area (Å²) in [6.45, 7) is 1.39. The second-order valence-electron chi connectivity index (χ2n) is 6.41. The maximum atomic E-state index is 13.0. The second-order valence-corrected chi connectivity index (χ2v) is 6.41. The lowest BCUT2D eigenvalue weighted by molar-refractivity contribution is -0.145. The Kier molecular flexibility index (Phi) is 7.05. The van der Waals surface area contributed by atoms with E-state index < -0.39 is 5.97 Å². The van der Waals surface area contributed by atoms with E-state index in [1.54, 1.807) is 24.3 Å². The molecule has 0 radical (unpaired) electrons. The molecule has 0 saturated heterocycles. The van der Waals surface area contributed by atoms with E-state index in [0.717, 1.165) is 0 Å². The Hall–Kier alpha value is -4.08. The highest BCUT2D eigenvalue weighted by Gasteiger charge is 2.09. The molecule has 1 aromatic heterocycles. The van der Waals surface area contributed by atoms with Crippen LogP contribution in [0, 0.1) is 5.82 Å². The number of Topliss-reactive ketones (excluding diaryl/α,β-unsaturated/α-hetero) is 1. The van der Waals surface area contributed by atoms with E-state index in [9.17, 15) is 14.0 Å². The van der Waals surface area contributed by atoms with Crippen molar-refractivity contribution in [3.8, 4) is 5.75 Å². The lowest BCUT2D eigenvalue weighted by Crippen LogP contribution is -2.13. The molecule has 0 amide bonds. The molecule has 3 rings (SSSR count). The number of rotatable bonds is 9. The van der Waals surface area contributed by atoms with Crippen LogP contribution < -0.4 is 15.8 Å². The largest absolute Gasteiger partial charge is 0.493 e. The molecule has 0 saturated carbocycles. The molecule has 0 unspecified atom stereocenters. The Labute approximate surface area is 177 Å². The van der Waals surface area contributed by atoms with Crippen LogP contribution in [0.5, 0.6) is 5.75 Å². The molecule has 10 heteroatoms. The Balaban J connectivity index is 1.47. The molecule has 0 aliphatic carbocycles. The number of nitrogens with one attached hydrogen (secondary N) is 1. The highest BCUT2D eigenvalue weighted by molar-refractivity contribution is 5.94. The standard InChI is InChI=1S/C21H20FN5O4/c1-13(28)14-2-8-17(9-3-14)30-11-10-19(29)31-12-18-25-20(23)27-21(26-18)24-16-6-4-15(22)5-7-16/h2-9H,10-12H2,1H3,(H3,23,24,25,26,27). The zero-order valence-electron chi connectivity index (χ0n) is 16.7. The van der Waals surface area contributed by atoms with Gasteiger partial charge in [-0.3, -0.25) is 9.59 Å². The van der Waals surface area contributed by atoms with E-state index in [2.05, 4.69) is 20.3 Å². The van der Waals surface area contributed by atoms with Gasteiger partial charge in [-0.25, -0.2) is 4.39 Å². The second kappa shape index (κ2) is 10.1. The first-order chi connectivity index (χ1) is 14.9. The monoisotopic (exact) mass is 425 g/mol. The van der Waals surface area contributed by atoms with Crippen molar-refractivity contribution in [2.24, 2.45) is 0 Å². The van der Waals surface area contributed by atoms with E-state index in [0.29, 0.717) is 17.0 Å². The topological polar surface area (TPSA) is 129 Å². The summed E-state index contributed by atoms with van der Waals surface area (Å²) in [5.74, 6) is -0.126. The van der Waals surface area contributed by atoms with Gasteiger partial charge in [0.1, 0.15) is 11.6 Å². The van der Waals surface area contributed by atoms with Crippen LogP contribution in [-0.2, 0) is 16.1 Å². The molecular weight excluding hydrogens is 405 g/mol. The number of halogens is 1. The number of nitrogen functional groups attached to an aromatic ring is 1. The summed E-state index contributed by atoms with van der Waals surface area (Å²) < 4.78 is 23.6. The SMILES string of the molecule is CC(=O)c1ccc(OCCC(=O)OCc2nc(N)nc(Nc3ccc(F)cc3)n2)cc1. The van der Waals surface area contributed by atoms with Crippen LogP contribution in [0.15, 0.2) is 48.5 Å². The van der Waals surface area contributed by atoms with Gasteiger partial charge in [-0.15, -0.1) is 0 Å². The highest BCUT2D eigenvalue weighted by atomic mass is 19.1. The first kappa shape index (κ1) is 21.6. The van der Waals surface area contributed by atoms with E-state index in [4.69, 9.17) is 15.2 Å². The summed E-state index contributed by atoms with van der Waals surface area (Å²) >= 11 is 0. The van der Waals surface area contributed by atoms with Crippen LogP contribution in [-0.4, -0.2) is 33.3 Å². The number of ether oxygens (including phenoxy) is 2. The molecule has 0 aliphatic heterocycles. The van der Waals surface area contributed by atoms with Gasteiger partial charge in [0.05, 0.1) is 13.0 Å². The van der Waals surface area contributed by atoms with Crippen molar-refractivity contribution in [3.05, 3.63) is 65.7 Å². The zero-order chi connectivity index (χ0) is 22.2. The number of nitrogens with zero attached hydrogens (tertiary/aromatic N) is 3. The number of benzene rings is 2. The van der Waals surface area contributed by atoms with Crippen molar-refractivity contribution < 1.29 is 23.5 Å². The highest BCUT2D eigenvalue weighted by Crippen LogP contribution is 2.15. The van der Waals surface area contributed by atoms with Crippen molar-refractivity contribution in [2.45, 2.75) is 20.0 Å². The molecule has 0 spiro atoms. The maximum absolute atomic E-state index is 13.0. The molecule has 0 bridgehead atoms. The average molecular weight is 425 g/mol. The van der Waals surface area contributed by atoms with Gasteiger partial charge < -0.3 is 20.5 Å². The molecular formula is C21H20FN5O4. The van der Waals surface area contributed by atoms with Crippen LogP contribution in [0.25, 0.3) is 0 Å². The molecule has 31 heavy (non-hydrogen) atoms. The third-order valence-corrected chi connectivity index (χ3v) is 4.00. The normalized spacial score (nSPS) is 10.4. The minimum atomic E-state index is -0.507. The molecule has 2 aromatic carbocycles. The van der Waals surface area contributed by atoms with Gasteiger partial charge in [0.2, 0.25) is 11.9 Å². The summed E-state index contributed by atoms with van der Waals surface area (Å²) in [5, 5.41) is 2.87. The number of aromatic nitrogens is 3. The number of carbonyl (C=O) groups is 2. The fraction of sp³-hybridized carbons (Fsp3) is 0.190. The summed E-state index contributed by atoms with van der Waals surface area (Å²) in [6, 6.07) is 12.2. The van der Waals surface area contributed by atoms with Gasteiger partial charge >= 0.3 is 5.97 Å². The Morgan fingerprint density at radius 3 is 2.42 bits per heavy atom. The number of esters is 1. The minimum absolute atomic E-state index is 0.00963. The van der Waals surface area contributed by atoms with Crippen LogP contribution in [0.3, 0.4) is 0 Å². The van der Waals surface area contributed by atoms with Crippen LogP contribution in [0.4, 0.5) is 22.0 Å². The molecule has 3 aromatic rings. The Morgan fingerprint density at radius 2 is 1.74 bits per heavy atom. The molecule has 0 fully saturated rings. The van der Waals surface area contributed by atoms with E-state index >= 15 is 0 Å². The van der Waals surface area contributed by atoms with Gasteiger partial charge in [0.15, 0.2) is 18.2 Å². The quantitative estimate of drug-likeness (QED) is 0.392. The molecule has 1 heterocycles. The van der Waals surface area contributed by atoms with E-state index in [1.165, 1.54) is 31.2 Å². The van der Waals surface area contributed by atoms with Gasteiger partial charge in [-0.05, 0) is 55.5 Å². The lowest BCUT2D eigenvalue weighted by atomic mass is 10.1. The smallest absolute Gasteiger partial charge is 0.309 e. The van der Waals surface area contributed by atoms with Crippen molar-refractivity contribution in [1.29, 1.82) is 0 Å². The summed E-state index contributed by atoms with van der Waals surface area (Å²) in [7, 11) is 0. The molecule has 0 atom stereocenters. The van der Waals surface area contributed by atoms with E-state index in [1.807, 2.05) is 0 Å². The van der Waals surface area contributed by atoms with Gasteiger partial charge in [0, 0.05) is 11.3 Å². The molecule has 0 aliphatic rings. The fourth-order valence-corrected chi connectivity index (χ4v) is 2.48. The number of carbonyl (C=O) groups excluding carboxylic acids is 2. The summed E-state index contributed by atoms with van der Waals surface area (Å²) in [6.07, 6.45) is 0.00963. The molecule has 160 valence electrons. The summed E-state index contributed by atoms with van der Waals surface area (Å²) in [5.41, 5.74) is 6.81. The Bertz CT molecular complexity index is 1060. The maximum Gasteiger partial charge on any atom is 0.309 e. The Morgan fingerprint density at radius 1 is 1.03 bits per heavy atom. The third kappa shape index (κ3) is 6.74. The molecule has 9 nitrogen and oxygen atoms in total. The van der Waals surface area contributed by atoms with Crippen LogP contribution in [0.1, 0.15) is 29.5 Å². The predicted molar refractivity (Wildman–Crippen MR) is 110 cm³/mol. The number of ketones is 1. The van der Waals surface area contributed by atoms with E-state index in [-0.39, 0.29) is 49.0 Å². The van der Waals surface area contributed by atoms with Crippen LogP contribution >= 0.6 is 0 Å². The van der Waals surface area contributed by atoms with Crippen molar-refractivity contribution in [3.63, 3.8) is 0 Å². The minimum Gasteiger partial charge on any atom is -0.493 e. The number of anilines is 3. The van der Waals surface area contributed by atoms with Crippen LogP contribution in [0.2, 0.25) is 0 Å². The predicted octanol–water partition coefficient (Wildman–Crippen LogP) is 3.05. The first-order valence-corrected chi connectivity index (χ1v) is 9.31. The van der Waals surface area contributed by atoms with Crippen molar-refractivity contribution in [1.82, 2.24) is 15.0 Å². The third-order valence-electron chi connectivity index (χ3n) is 4.00. The summed E-state index contributed by atoms with van der Waals surface area (Å²) in [4.78, 5) is 35.2. The van der Waals surface area contributed by atoms with Gasteiger partial charge in [-0.2, -0.15) is 15.0 Å². The molecule has 3 N–H and O–H groups in total. The van der Waals surface area contributed by atoms with Crippen molar-refractivity contribution >= 4 is 29.3 Å². The fourth-order valence-electron chi connectivity index (χ4n) is 2.48. The lowest BCUT2D eigenvalue weighted by Gasteiger charge is -2.09. The number of nitrogens with two attached hydrogens (primary N) is 1.